The molecule has 3 aromatic carbocycles. The zero-order valence-corrected chi connectivity index (χ0v) is 14.9. The summed E-state index contributed by atoms with van der Waals surface area (Å²) in [4.78, 5) is 0. The van der Waals surface area contributed by atoms with Crippen LogP contribution in [0.5, 0.6) is 0 Å². The van der Waals surface area contributed by atoms with E-state index in [1.165, 1.54) is 38.5 Å². The third-order valence-electron chi connectivity index (χ3n) is 5.55. The number of fused-ring (bicyclic) bond motifs is 3. The van der Waals surface area contributed by atoms with Crippen LogP contribution < -0.4 is 0 Å². The average Bonchev–Trinajstić information content (AvgIpc) is 3.01. The predicted octanol–water partition coefficient (Wildman–Crippen LogP) is 6.60. The van der Waals surface area contributed by atoms with Gasteiger partial charge in [0.1, 0.15) is 0 Å². The third kappa shape index (κ3) is 2.40. The minimum absolute atomic E-state index is 0.483. The monoisotopic (exact) mass is 335 g/mol. The first-order valence-corrected chi connectivity index (χ1v) is 9.22. The van der Waals surface area contributed by atoms with Gasteiger partial charge < -0.3 is 4.57 Å². The van der Waals surface area contributed by atoms with Crippen LogP contribution in [0, 0.1) is 0 Å². The second-order valence-corrected chi connectivity index (χ2v) is 7.09. The highest BCUT2D eigenvalue weighted by Crippen LogP contribution is 2.35. The Balaban J connectivity index is 1.72. The maximum Gasteiger partial charge on any atom is 0.0489 e. The molecule has 1 heterocycles. The van der Waals surface area contributed by atoms with Crippen LogP contribution in [-0.2, 0) is 7.05 Å². The van der Waals surface area contributed by atoms with Crippen LogP contribution in [0.4, 0.5) is 0 Å². The van der Waals surface area contributed by atoms with Crippen LogP contribution >= 0.6 is 0 Å². The standard InChI is InChI=1S/C25H21N/c1-26-24-14-12-20(18-8-4-2-5-9-18)16-22(24)23-17-21(13-15-25(23)26)19-10-6-3-7-11-19/h2-10,12-17,19H,11H2,1H3. The Labute approximate surface area is 153 Å². The molecule has 1 aromatic heterocycles. The fourth-order valence-electron chi connectivity index (χ4n) is 4.10. The van der Waals surface area contributed by atoms with Gasteiger partial charge >= 0.3 is 0 Å². The molecule has 4 aromatic rings. The lowest BCUT2D eigenvalue weighted by Crippen LogP contribution is -1.96. The molecule has 0 amide bonds. The van der Waals surface area contributed by atoms with Gasteiger partial charge in [-0.3, -0.25) is 0 Å². The first-order valence-electron chi connectivity index (χ1n) is 9.22. The van der Waals surface area contributed by atoms with Gasteiger partial charge in [-0.1, -0.05) is 66.8 Å². The molecule has 1 unspecified atom stereocenters. The molecule has 0 fully saturated rings. The van der Waals surface area contributed by atoms with E-state index in [1.54, 1.807) is 0 Å². The average molecular weight is 335 g/mol. The van der Waals surface area contributed by atoms with E-state index in [0.717, 1.165) is 6.42 Å². The minimum Gasteiger partial charge on any atom is -0.344 e. The van der Waals surface area contributed by atoms with E-state index < -0.39 is 0 Å². The number of aromatic nitrogens is 1. The van der Waals surface area contributed by atoms with E-state index in [1.807, 2.05) is 0 Å². The number of allylic oxidation sites excluding steroid dienone is 4. The summed E-state index contributed by atoms with van der Waals surface area (Å²) >= 11 is 0. The van der Waals surface area contributed by atoms with Gasteiger partial charge in [-0.25, -0.2) is 0 Å². The van der Waals surface area contributed by atoms with E-state index >= 15 is 0 Å². The molecule has 0 radical (unpaired) electrons. The summed E-state index contributed by atoms with van der Waals surface area (Å²) in [6.45, 7) is 0. The number of hydrogen-bond acceptors (Lipinski definition) is 0. The van der Waals surface area contributed by atoms with Crippen LogP contribution in [0.1, 0.15) is 17.9 Å². The topological polar surface area (TPSA) is 4.93 Å². The molecule has 126 valence electrons. The molecule has 0 saturated carbocycles. The summed E-state index contributed by atoms with van der Waals surface area (Å²) in [7, 11) is 2.16. The molecule has 0 spiro atoms. The molecular weight excluding hydrogens is 314 g/mol. The highest BCUT2D eigenvalue weighted by molar-refractivity contribution is 6.09. The van der Waals surface area contributed by atoms with Gasteiger partial charge in [-0.2, -0.15) is 0 Å². The Bertz CT molecular complexity index is 1160. The summed E-state index contributed by atoms with van der Waals surface area (Å²) in [5.74, 6) is 0.483. The van der Waals surface area contributed by atoms with Crippen molar-refractivity contribution in [1.82, 2.24) is 4.57 Å². The van der Waals surface area contributed by atoms with E-state index in [-0.39, 0.29) is 0 Å². The summed E-state index contributed by atoms with van der Waals surface area (Å²) in [6.07, 6.45) is 9.95. The van der Waals surface area contributed by atoms with Crippen molar-refractivity contribution in [3.05, 3.63) is 96.6 Å². The predicted molar refractivity (Wildman–Crippen MR) is 111 cm³/mol. The molecule has 26 heavy (non-hydrogen) atoms. The molecule has 5 rings (SSSR count). The molecule has 0 bridgehead atoms. The number of rotatable bonds is 2. The van der Waals surface area contributed by atoms with Crippen molar-refractivity contribution in [2.75, 3.05) is 0 Å². The van der Waals surface area contributed by atoms with Gasteiger partial charge in [0.15, 0.2) is 0 Å². The molecule has 0 saturated heterocycles. The van der Waals surface area contributed by atoms with Gasteiger partial charge in [0.05, 0.1) is 0 Å². The van der Waals surface area contributed by atoms with Crippen molar-refractivity contribution in [3.63, 3.8) is 0 Å². The summed E-state index contributed by atoms with van der Waals surface area (Å²) in [6, 6.07) is 24.4. The third-order valence-corrected chi connectivity index (χ3v) is 5.55. The molecule has 0 N–H and O–H groups in total. The number of hydrogen-bond donors (Lipinski definition) is 0. The summed E-state index contributed by atoms with van der Waals surface area (Å²) in [5, 5.41) is 2.68. The Morgan fingerprint density at radius 3 is 2.31 bits per heavy atom. The summed E-state index contributed by atoms with van der Waals surface area (Å²) < 4.78 is 2.31. The maximum absolute atomic E-state index is 2.39. The second kappa shape index (κ2) is 6.03. The lowest BCUT2D eigenvalue weighted by molar-refractivity contribution is 0.855. The molecule has 1 aliphatic rings. The second-order valence-electron chi connectivity index (χ2n) is 7.09. The molecular formula is C25H21N. The SMILES string of the molecule is Cn1c2ccc(-c3ccccc3)cc2c2cc(C3C=CC=CC3)ccc21. The van der Waals surface area contributed by atoms with Crippen molar-refractivity contribution in [2.24, 2.45) is 7.05 Å². The Morgan fingerprint density at radius 1 is 0.769 bits per heavy atom. The first kappa shape index (κ1) is 15.2. The largest absolute Gasteiger partial charge is 0.344 e. The minimum atomic E-state index is 0.483. The Kier molecular flexibility index (Phi) is 3.53. The zero-order valence-electron chi connectivity index (χ0n) is 14.9. The quantitative estimate of drug-likeness (QED) is 0.389. The lowest BCUT2D eigenvalue weighted by Gasteiger charge is -2.13. The normalized spacial score (nSPS) is 16.6. The van der Waals surface area contributed by atoms with Crippen molar-refractivity contribution < 1.29 is 0 Å². The van der Waals surface area contributed by atoms with E-state index in [9.17, 15) is 0 Å². The van der Waals surface area contributed by atoms with E-state index in [4.69, 9.17) is 0 Å². The highest BCUT2D eigenvalue weighted by atomic mass is 14.9. The molecule has 1 atom stereocenters. The zero-order chi connectivity index (χ0) is 17.5. The van der Waals surface area contributed by atoms with Crippen molar-refractivity contribution in [2.45, 2.75) is 12.3 Å². The van der Waals surface area contributed by atoms with Crippen LogP contribution in [0.2, 0.25) is 0 Å². The molecule has 1 aliphatic carbocycles. The smallest absolute Gasteiger partial charge is 0.0489 e. The van der Waals surface area contributed by atoms with Crippen LogP contribution in [0.15, 0.2) is 91.0 Å². The van der Waals surface area contributed by atoms with Crippen LogP contribution in [-0.4, -0.2) is 4.57 Å². The van der Waals surface area contributed by atoms with Gasteiger partial charge in [-0.05, 0) is 47.4 Å². The Morgan fingerprint density at radius 2 is 1.54 bits per heavy atom. The van der Waals surface area contributed by atoms with Crippen molar-refractivity contribution in [3.8, 4) is 11.1 Å². The fraction of sp³-hybridized carbons (Fsp3) is 0.120. The van der Waals surface area contributed by atoms with Gasteiger partial charge in [0.2, 0.25) is 0 Å². The highest BCUT2D eigenvalue weighted by Gasteiger charge is 2.13. The molecule has 1 nitrogen and oxygen atoms in total. The molecule has 0 aliphatic heterocycles. The lowest BCUT2D eigenvalue weighted by atomic mass is 9.91. The first-order chi connectivity index (χ1) is 12.8. The Hall–Kier alpha value is -3.06. The molecule has 1 heteroatoms. The van der Waals surface area contributed by atoms with Gasteiger partial charge in [0.25, 0.3) is 0 Å². The van der Waals surface area contributed by atoms with Crippen molar-refractivity contribution in [1.29, 1.82) is 0 Å². The van der Waals surface area contributed by atoms with Crippen LogP contribution in [0.3, 0.4) is 0 Å². The van der Waals surface area contributed by atoms with E-state index in [0.29, 0.717) is 5.92 Å². The van der Waals surface area contributed by atoms with Crippen molar-refractivity contribution >= 4 is 21.8 Å². The summed E-state index contributed by atoms with van der Waals surface area (Å²) in [5.41, 5.74) is 6.52. The number of benzene rings is 3. The number of nitrogens with zero attached hydrogens (tertiary/aromatic N) is 1. The number of aryl methyl sites for hydroxylation is 1. The van der Waals surface area contributed by atoms with Crippen LogP contribution in [0.25, 0.3) is 32.9 Å². The van der Waals surface area contributed by atoms with E-state index in [2.05, 4.69) is 103 Å². The van der Waals surface area contributed by atoms with Gasteiger partial charge in [0, 0.05) is 34.8 Å². The van der Waals surface area contributed by atoms with Gasteiger partial charge in [-0.15, -0.1) is 0 Å². The fourth-order valence-corrected chi connectivity index (χ4v) is 4.10. The maximum atomic E-state index is 2.39.